The number of thioether (sulfide) groups is 1. The van der Waals surface area contributed by atoms with Gasteiger partial charge >= 0.3 is 12.3 Å². The lowest BCUT2D eigenvalue weighted by atomic mass is 9.86. The molecule has 218 valence electrons. The van der Waals surface area contributed by atoms with Crippen LogP contribution in [0.1, 0.15) is 62.4 Å². The highest BCUT2D eigenvalue weighted by molar-refractivity contribution is 9.10. The van der Waals surface area contributed by atoms with Gasteiger partial charge in [-0.15, -0.1) is 11.8 Å². The molecule has 3 amide bonds. The molecule has 1 aliphatic rings. The molecule has 1 fully saturated rings. The van der Waals surface area contributed by atoms with Gasteiger partial charge in [-0.1, -0.05) is 28.8 Å². The van der Waals surface area contributed by atoms with Crippen molar-refractivity contribution in [2.75, 3.05) is 17.6 Å². The SMILES string of the molecule is CC(C)(C)OC(=O)Nc1ccc(C(F)(F)F)cc1C(=O)NCC(=O)N[C@H]1CCCC[C@H]1CSc1ccc(Br)cc1. The number of hydrogen-bond acceptors (Lipinski definition) is 5. The van der Waals surface area contributed by atoms with E-state index in [1.807, 2.05) is 24.3 Å². The van der Waals surface area contributed by atoms with Gasteiger partial charge in [0.1, 0.15) is 5.60 Å². The normalized spacial score (nSPS) is 17.6. The molecule has 1 aliphatic carbocycles. The summed E-state index contributed by atoms with van der Waals surface area (Å²) in [7, 11) is 0. The van der Waals surface area contributed by atoms with E-state index in [-0.39, 0.29) is 17.6 Å². The van der Waals surface area contributed by atoms with Crippen molar-refractivity contribution in [3.8, 4) is 0 Å². The first-order valence-corrected chi connectivity index (χ1v) is 14.7. The average molecular weight is 645 g/mol. The van der Waals surface area contributed by atoms with Crippen LogP contribution in [-0.2, 0) is 15.7 Å². The monoisotopic (exact) mass is 643 g/mol. The number of alkyl halides is 3. The lowest BCUT2D eigenvalue weighted by Crippen LogP contribution is -2.47. The Morgan fingerprint density at radius 1 is 1.02 bits per heavy atom. The molecular formula is C28H33BrF3N3O4S. The van der Waals surface area contributed by atoms with E-state index in [2.05, 4.69) is 31.9 Å². The summed E-state index contributed by atoms with van der Waals surface area (Å²) in [6.07, 6.45) is -1.82. The van der Waals surface area contributed by atoms with E-state index >= 15 is 0 Å². The molecule has 2 aromatic carbocycles. The first kappa shape index (κ1) is 31.8. The van der Waals surface area contributed by atoms with Crippen LogP contribution in [-0.4, -0.2) is 41.8 Å². The number of carbonyl (C=O) groups is 3. The second-order valence-electron chi connectivity index (χ2n) is 10.6. The standard InChI is InChI=1S/C28H33BrF3N3O4S/c1-27(2,3)39-26(38)35-23-13-8-18(28(30,31)32)14-21(23)25(37)33-15-24(36)34-22-7-5-4-6-17(22)16-40-20-11-9-19(29)10-12-20/h8-14,17,22H,4-7,15-16H2,1-3H3,(H,33,37)(H,34,36)(H,35,38)/t17-,22-/m0/s1. The number of rotatable bonds is 8. The van der Waals surface area contributed by atoms with Crippen molar-refractivity contribution in [3.63, 3.8) is 0 Å². The van der Waals surface area contributed by atoms with Crippen LogP contribution in [0.5, 0.6) is 0 Å². The van der Waals surface area contributed by atoms with Gasteiger partial charge in [0.25, 0.3) is 5.91 Å². The van der Waals surface area contributed by atoms with Gasteiger partial charge < -0.3 is 15.4 Å². The summed E-state index contributed by atoms with van der Waals surface area (Å²) in [5.41, 5.74) is -2.53. The second-order valence-corrected chi connectivity index (χ2v) is 12.6. The maximum Gasteiger partial charge on any atom is 0.416 e. The number of carbonyl (C=O) groups excluding carboxylic acids is 3. The molecule has 2 atom stereocenters. The fraction of sp³-hybridized carbons (Fsp3) is 0.464. The van der Waals surface area contributed by atoms with Crippen LogP contribution in [0, 0.1) is 5.92 Å². The summed E-state index contributed by atoms with van der Waals surface area (Å²) < 4.78 is 46.2. The van der Waals surface area contributed by atoms with Crippen LogP contribution in [0.15, 0.2) is 51.8 Å². The number of amides is 3. The number of ether oxygens (including phenoxy) is 1. The molecule has 0 unspecified atom stereocenters. The number of benzene rings is 2. The van der Waals surface area contributed by atoms with Gasteiger partial charge in [-0.05, 0) is 82.0 Å². The molecule has 2 aromatic rings. The van der Waals surface area contributed by atoms with Crippen LogP contribution in [0.4, 0.5) is 23.7 Å². The van der Waals surface area contributed by atoms with Crippen molar-refractivity contribution in [2.24, 2.45) is 5.92 Å². The summed E-state index contributed by atoms with van der Waals surface area (Å²) in [6, 6.07) is 10.3. The van der Waals surface area contributed by atoms with Gasteiger partial charge in [-0.2, -0.15) is 13.2 Å². The minimum absolute atomic E-state index is 0.0703. The van der Waals surface area contributed by atoms with Gasteiger partial charge in [0.2, 0.25) is 5.91 Å². The Balaban J connectivity index is 1.63. The van der Waals surface area contributed by atoms with E-state index in [9.17, 15) is 27.6 Å². The largest absolute Gasteiger partial charge is 0.444 e. The second kappa shape index (κ2) is 13.8. The Bertz CT molecular complexity index is 1200. The van der Waals surface area contributed by atoms with E-state index in [0.29, 0.717) is 6.07 Å². The molecule has 1 saturated carbocycles. The first-order chi connectivity index (χ1) is 18.7. The average Bonchev–Trinajstić information content (AvgIpc) is 2.86. The summed E-state index contributed by atoms with van der Waals surface area (Å²) >= 11 is 5.14. The smallest absolute Gasteiger partial charge is 0.416 e. The van der Waals surface area contributed by atoms with Crippen molar-refractivity contribution >= 4 is 51.3 Å². The minimum atomic E-state index is -4.71. The molecular weight excluding hydrogens is 611 g/mol. The van der Waals surface area contributed by atoms with Gasteiger partial charge in [0.15, 0.2) is 0 Å². The number of nitrogens with one attached hydrogen (secondary N) is 3. The topological polar surface area (TPSA) is 96.5 Å². The Morgan fingerprint density at radius 3 is 2.35 bits per heavy atom. The van der Waals surface area contributed by atoms with Crippen LogP contribution in [0.3, 0.4) is 0 Å². The van der Waals surface area contributed by atoms with Gasteiger partial charge in [0, 0.05) is 21.2 Å². The predicted octanol–water partition coefficient (Wildman–Crippen LogP) is 7.01. The molecule has 0 saturated heterocycles. The molecule has 7 nitrogen and oxygen atoms in total. The quantitative estimate of drug-likeness (QED) is 0.269. The van der Waals surface area contributed by atoms with Gasteiger partial charge in [-0.3, -0.25) is 14.9 Å². The molecule has 0 spiro atoms. The van der Waals surface area contributed by atoms with Crippen LogP contribution in [0.25, 0.3) is 0 Å². The molecule has 3 N–H and O–H groups in total. The third-order valence-corrected chi connectivity index (χ3v) is 7.90. The number of hydrogen-bond donors (Lipinski definition) is 3. The lowest BCUT2D eigenvalue weighted by Gasteiger charge is -2.32. The zero-order valence-electron chi connectivity index (χ0n) is 22.5. The number of anilines is 1. The molecule has 0 aromatic heterocycles. The maximum atomic E-state index is 13.3. The number of halogens is 4. The summed E-state index contributed by atoms with van der Waals surface area (Å²) in [5, 5.41) is 7.69. The molecule has 0 aliphatic heterocycles. The van der Waals surface area contributed by atoms with Crippen molar-refractivity contribution in [1.29, 1.82) is 0 Å². The highest BCUT2D eigenvalue weighted by Gasteiger charge is 2.32. The fourth-order valence-electron chi connectivity index (χ4n) is 4.28. The Morgan fingerprint density at radius 2 is 1.70 bits per heavy atom. The maximum absolute atomic E-state index is 13.3. The lowest BCUT2D eigenvalue weighted by molar-refractivity contribution is -0.137. The third kappa shape index (κ3) is 10.0. The third-order valence-electron chi connectivity index (χ3n) is 6.17. The van der Waals surface area contributed by atoms with Crippen LogP contribution < -0.4 is 16.0 Å². The van der Waals surface area contributed by atoms with E-state index in [4.69, 9.17) is 4.74 Å². The Hall–Kier alpha value is -2.73. The molecule has 0 bridgehead atoms. The van der Waals surface area contributed by atoms with Crippen molar-refractivity contribution in [2.45, 2.75) is 69.2 Å². The molecule has 0 radical (unpaired) electrons. The zero-order valence-corrected chi connectivity index (χ0v) is 24.9. The highest BCUT2D eigenvalue weighted by Crippen LogP contribution is 2.33. The molecule has 3 rings (SSSR count). The molecule has 12 heteroatoms. The summed E-state index contributed by atoms with van der Waals surface area (Å²) in [4.78, 5) is 39.0. The first-order valence-electron chi connectivity index (χ1n) is 12.9. The van der Waals surface area contributed by atoms with Gasteiger partial charge in [-0.25, -0.2) is 4.79 Å². The fourth-order valence-corrected chi connectivity index (χ4v) is 5.67. The van der Waals surface area contributed by atoms with Crippen molar-refractivity contribution in [1.82, 2.24) is 10.6 Å². The zero-order chi connectivity index (χ0) is 29.5. The van der Waals surface area contributed by atoms with E-state index < -0.39 is 47.4 Å². The Kier molecular flexibility index (Phi) is 10.9. The van der Waals surface area contributed by atoms with E-state index in [0.717, 1.165) is 52.9 Å². The highest BCUT2D eigenvalue weighted by atomic mass is 79.9. The van der Waals surface area contributed by atoms with E-state index in [1.54, 1.807) is 32.5 Å². The Labute approximate surface area is 244 Å². The van der Waals surface area contributed by atoms with Crippen molar-refractivity contribution < 1.29 is 32.3 Å². The molecule has 0 heterocycles. The van der Waals surface area contributed by atoms with Gasteiger partial charge in [0.05, 0.1) is 23.4 Å². The van der Waals surface area contributed by atoms with Crippen LogP contribution >= 0.6 is 27.7 Å². The van der Waals surface area contributed by atoms with E-state index in [1.165, 1.54) is 0 Å². The van der Waals surface area contributed by atoms with Crippen LogP contribution in [0.2, 0.25) is 0 Å². The summed E-state index contributed by atoms with van der Waals surface area (Å²) in [6.45, 7) is 4.45. The summed E-state index contributed by atoms with van der Waals surface area (Å²) in [5.74, 6) is -0.302. The molecule has 40 heavy (non-hydrogen) atoms. The van der Waals surface area contributed by atoms with Crippen molar-refractivity contribution in [3.05, 3.63) is 58.1 Å². The minimum Gasteiger partial charge on any atom is -0.444 e. The predicted molar refractivity (Wildman–Crippen MR) is 152 cm³/mol.